The molecule has 0 aliphatic rings. The third-order valence-corrected chi connectivity index (χ3v) is 3.86. The molecule has 21 heavy (non-hydrogen) atoms. The highest BCUT2D eigenvalue weighted by atomic mass is 79.9. The fraction of sp³-hybridized carbons (Fsp3) is 0.533. The van der Waals surface area contributed by atoms with Crippen LogP contribution < -0.4 is 10.6 Å². The zero-order valence-electron chi connectivity index (χ0n) is 12.6. The fourth-order valence-electron chi connectivity index (χ4n) is 1.80. The fourth-order valence-corrected chi connectivity index (χ4v) is 2.04. The number of hydrogen-bond acceptors (Lipinski definition) is 3. The number of amides is 1. The van der Waals surface area contributed by atoms with Crippen molar-refractivity contribution in [1.82, 2.24) is 10.6 Å². The van der Waals surface area contributed by atoms with Crippen molar-refractivity contribution in [2.75, 3.05) is 33.4 Å². The Morgan fingerprint density at radius 3 is 2.71 bits per heavy atom. The summed E-state index contributed by atoms with van der Waals surface area (Å²) in [6, 6.07) is 6.20. The number of rotatable bonds is 9. The summed E-state index contributed by atoms with van der Waals surface area (Å²) in [4.78, 5) is 11.7. The molecule has 6 heteroatoms. The first kappa shape index (κ1) is 20.4. The summed E-state index contributed by atoms with van der Waals surface area (Å²) in [5, 5.41) is 6.09. The Bertz CT molecular complexity index is 430. The van der Waals surface area contributed by atoms with Crippen LogP contribution in [0.2, 0.25) is 0 Å². The van der Waals surface area contributed by atoms with E-state index in [1.54, 1.807) is 7.11 Å². The van der Waals surface area contributed by atoms with Gasteiger partial charge in [-0.3, -0.25) is 4.79 Å². The third-order valence-electron chi connectivity index (χ3n) is 2.97. The van der Waals surface area contributed by atoms with Crippen LogP contribution in [0.5, 0.6) is 0 Å². The summed E-state index contributed by atoms with van der Waals surface area (Å²) < 4.78 is 6.03. The molecule has 0 fully saturated rings. The van der Waals surface area contributed by atoms with Gasteiger partial charge < -0.3 is 15.4 Å². The largest absolute Gasteiger partial charge is 0.383 e. The summed E-state index contributed by atoms with van der Waals surface area (Å²) in [5.74, 6) is 0.0964. The van der Waals surface area contributed by atoms with Crippen molar-refractivity contribution >= 4 is 34.2 Å². The Hall–Kier alpha value is -0.620. The first-order valence-corrected chi connectivity index (χ1v) is 7.64. The molecule has 0 saturated heterocycles. The van der Waals surface area contributed by atoms with Crippen molar-refractivity contribution in [1.29, 1.82) is 0 Å². The topological polar surface area (TPSA) is 50.4 Å². The van der Waals surface area contributed by atoms with E-state index >= 15 is 0 Å². The zero-order chi connectivity index (χ0) is 14.8. The van der Waals surface area contributed by atoms with Gasteiger partial charge in [0.05, 0.1) is 6.61 Å². The molecule has 0 aromatic heterocycles. The van der Waals surface area contributed by atoms with Crippen LogP contribution in [0.15, 0.2) is 22.7 Å². The molecule has 1 aromatic rings. The van der Waals surface area contributed by atoms with Crippen LogP contribution in [0.25, 0.3) is 0 Å². The molecule has 1 rings (SSSR count). The number of hydrogen-bond donors (Lipinski definition) is 2. The van der Waals surface area contributed by atoms with Gasteiger partial charge in [0.1, 0.15) is 0 Å². The number of benzene rings is 1. The molecule has 0 radical (unpaired) electrons. The smallest absolute Gasteiger partial charge is 0.220 e. The van der Waals surface area contributed by atoms with Crippen LogP contribution in [-0.2, 0) is 16.0 Å². The highest BCUT2D eigenvalue weighted by Gasteiger charge is 2.03. The maximum atomic E-state index is 11.7. The molecule has 1 amide bonds. The molecule has 0 unspecified atom stereocenters. The number of methoxy groups -OCH3 is 1. The minimum absolute atomic E-state index is 0. The molecule has 4 nitrogen and oxygen atoms in total. The number of aryl methyl sites for hydroxylation is 2. The molecule has 0 aliphatic carbocycles. The molecule has 0 spiro atoms. The molecule has 0 bridgehead atoms. The van der Waals surface area contributed by atoms with Crippen LogP contribution in [0.4, 0.5) is 0 Å². The van der Waals surface area contributed by atoms with Crippen molar-refractivity contribution in [2.24, 2.45) is 0 Å². The summed E-state index contributed by atoms with van der Waals surface area (Å²) in [6.45, 7) is 4.98. The van der Waals surface area contributed by atoms with Crippen molar-refractivity contribution in [3.63, 3.8) is 0 Å². The summed E-state index contributed by atoms with van der Waals surface area (Å²) in [7, 11) is 1.67. The Labute approximate surface area is 141 Å². The monoisotopic (exact) mass is 378 g/mol. The molecular weight excluding hydrogens is 356 g/mol. The molecular formula is C15H24BrClN2O2. The van der Waals surface area contributed by atoms with E-state index in [0.717, 1.165) is 24.0 Å². The van der Waals surface area contributed by atoms with Gasteiger partial charge in [-0.1, -0.05) is 28.1 Å². The molecule has 120 valence electrons. The first-order valence-electron chi connectivity index (χ1n) is 6.85. The van der Waals surface area contributed by atoms with Crippen molar-refractivity contribution in [3.8, 4) is 0 Å². The molecule has 0 heterocycles. The molecule has 1 aromatic carbocycles. The summed E-state index contributed by atoms with van der Waals surface area (Å²) >= 11 is 3.47. The van der Waals surface area contributed by atoms with Crippen LogP contribution in [0.3, 0.4) is 0 Å². The SMILES string of the molecule is COCCNCCNC(=O)CCc1ccc(Br)c(C)c1.Cl. The Balaban J connectivity index is 0.00000400. The minimum atomic E-state index is 0. The van der Waals surface area contributed by atoms with E-state index in [9.17, 15) is 4.79 Å². The highest BCUT2D eigenvalue weighted by molar-refractivity contribution is 9.10. The van der Waals surface area contributed by atoms with Crippen LogP contribution in [-0.4, -0.2) is 39.3 Å². The van der Waals surface area contributed by atoms with E-state index < -0.39 is 0 Å². The van der Waals surface area contributed by atoms with Crippen molar-refractivity contribution in [3.05, 3.63) is 33.8 Å². The second-order valence-electron chi connectivity index (χ2n) is 4.68. The number of carbonyl (C=O) groups is 1. The van der Waals surface area contributed by atoms with Gasteiger partial charge in [-0.15, -0.1) is 12.4 Å². The van der Waals surface area contributed by atoms with Gasteiger partial charge in [0.15, 0.2) is 0 Å². The Morgan fingerprint density at radius 2 is 2.05 bits per heavy atom. The average molecular weight is 380 g/mol. The van der Waals surface area contributed by atoms with Crippen LogP contribution in [0.1, 0.15) is 17.5 Å². The minimum Gasteiger partial charge on any atom is -0.383 e. The van der Waals surface area contributed by atoms with E-state index in [1.807, 2.05) is 6.07 Å². The second kappa shape index (κ2) is 12.0. The van der Waals surface area contributed by atoms with Gasteiger partial charge in [0.25, 0.3) is 0 Å². The van der Waals surface area contributed by atoms with Gasteiger partial charge in [-0.25, -0.2) is 0 Å². The number of nitrogens with one attached hydrogen (secondary N) is 2. The van der Waals surface area contributed by atoms with E-state index in [0.29, 0.717) is 19.6 Å². The van der Waals surface area contributed by atoms with Crippen LogP contribution in [0, 0.1) is 6.92 Å². The zero-order valence-corrected chi connectivity index (χ0v) is 15.0. The number of carbonyl (C=O) groups excluding carboxylic acids is 1. The van der Waals surface area contributed by atoms with Crippen LogP contribution >= 0.6 is 28.3 Å². The molecule has 0 saturated carbocycles. The first-order chi connectivity index (χ1) is 9.63. The predicted molar refractivity (Wildman–Crippen MR) is 92.2 cm³/mol. The lowest BCUT2D eigenvalue weighted by atomic mass is 10.1. The maximum Gasteiger partial charge on any atom is 0.220 e. The van der Waals surface area contributed by atoms with E-state index in [2.05, 4.69) is 45.6 Å². The lowest BCUT2D eigenvalue weighted by molar-refractivity contribution is -0.121. The summed E-state index contributed by atoms with van der Waals surface area (Å²) in [6.07, 6.45) is 1.30. The maximum absolute atomic E-state index is 11.7. The molecule has 0 atom stereocenters. The standard InChI is InChI=1S/C15H23BrN2O2.ClH/c1-12-11-13(3-5-14(12)16)4-6-15(19)18-8-7-17-9-10-20-2;/h3,5,11,17H,4,6-10H2,1-2H3,(H,18,19);1H. The molecule has 2 N–H and O–H groups in total. The third kappa shape index (κ3) is 9.09. The predicted octanol–water partition coefficient (Wildman–Crippen LogP) is 2.46. The molecule has 0 aliphatic heterocycles. The Morgan fingerprint density at radius 1 is 1.29 bits per heavy atom. The highest BCUT2D eigenvalue weighted by Crippen LogP contribution is 2.17. The van der Waals surface area contributed by atoms with E-state index in [4.69, 9.17) is 4.74 Å². The van der Waals surface area contributed by atoms with Gasteiger partial charge in [-0.05, 0) is 30.5 Å². The van der Waals surface area contributed by atoms with E-state index in [-0.39, 0.29) is 18.3 Å². The van der Waals surface area contributed by atoms with Crippen molar-refractivity contribution < 1.29 is 9.53 Å². The van der Waals surface area contributed by atoms with Gasteiger partial charge in [0, 0.05) is 37.6 Å². The lowest BCUT2D eigenvalue weighted by Crippen LogP contribution is -2.33. The normalized spacial score (nSPS) is 10.0. The lowest BCUT2D eigenvalue weighted by Gasteiger charge is -2.07. The number of ether oxygens (including phenoxy) is 1. The second-order valence-corrected chi connectivity index (χ2v) is 5.53. The van der Waals surface area contributed by atoms with Gasteiger partial charge >= 0.3 is 0 Å². The number of halogens is 2. The Kier molecular flexibility index (Phi) is 11.6. The van der Waals surface area contributed by atoms with Gasteiger partial charge in [0.2, 0.25) is 5.91 Å². The van der Waals surface area contributed by atoms with Crippen molar-refractivity contribution in [2.45, 2.75) is 19.8 Å². The van der Waals surface area contributed by atoms with E-state index in [1.165, 1.54) is 11.1 Å². The average Bonchev–Trinajstić information content (AvgIpc) is 2.44. The quantitative estimate of drug-likeness (QED) is 0.648. The van der Waals surface area contributed by atoms with Gasteiger partial charge in [-0.2, -0.15) is 0 Å². The summed E-state index contributed by atoms with van der Waals surface area (Å²) in [5.41, 5.74) is 2.39.